The van der Waals surface area contributed by atoms with E-state index in [2.05, 4.69) is 9.50 Å². The number of nitrogens with zero attached hydrogens (tertiary/aromatic N) is 3. The maximum Gasteiger partial charge on any atom is 0.295 e. The van der Waals surface area contributed by atoms with Crippen LogP contribution in [0.4, 0.5) is 0 Å². The Bertz CT molecular complexity index is 623. The average Bonchev–Trinajstić information content (AvgIpc) is 2.96. The van der Waals surface area contributed by atoms with E-state index in [-0.39, 0.29) is 16.1 Å². The molecule has 0 aliphatic carbocycles. The predicted molar refractivity (Wildman–Crippen MR) is 77.1 cm³/mol. The van der Waals surface area contributed by atoms with Gasteiger partial charge in [0.05, 0.1) is 10.9 Å². The van der Waals surface area contributed by atoms with Crippen molar-refractivity contribution in [1.29, 1.82) is 0 Å². The van der Waals surface area contributed by atoms with Gasteiger partial charge in [0.1, 0.15) is 4.21 Å². The molecule has 19 heavy (non-hydrogen) atoms. The molecule has 0 aromatic carbocycles. The summed E-state index contributed by atoms with van der Waals surface area (Å²) < 4.78 is 28.0. The molecule has 1 aromatic rings. The zero-order valence-corrected chi connectivity index (χ0v) is 12.5. The Morgan fingerprint density at radius 3 is 2.95 bits per heavy atom. The molecule has 0 bridgehead atoms. The zero-order chi connectivity index (χ0) is 14.0. The Balaban J connectivity index is 2.19. The molecule has 0 saturated carbocycles. The number of thiophene rings is 1. The van der Waals surface area contributed by atoms with E-state index in [4.69, 9.17) is 17.3 Å². The minimum Gasteiger partial charge on any atom is -0.367 e. The number of rotatable bonds is 3. The SMILES string of the molecule is CCC1C=NN(/C(N)=N/S(=O)(=O)c2ccc(Cl)s2)C1. The molecule has 104 valence electrons. The molecule has 1 aliphatic rings. The highest BCUT2D eigenvalue weighted by atomic mass is 35.5. The molecule has 1 unspecified atom stereocenters. The fourth-order valence-electron chi connectivity index (χ4n) is 1.53. The van der Waals surface area contributed by atoms with Crippen LogP contribution in [0.1, 0.15) is 13.3 Å². The van der Waals surface area contributed by atoms with Crippen molar-refractivity contribution in [3.63, 3.8) is 0 Å². The lowest BCUT2D eigenvalue weighted by atomic mass is 10.1. The van der Waals surface area contributed by atoms with E-state index in [0.29, 0.717) is 10.9 Å². The molecule has 2 rings (SSSR count). The van der Waals surface area contributed by atoms with E-state index in [1.165, 1.54) is 17.1 Å². The number of hydrogen-bond acceptors (Lipinski definition) is 4. The first-order valence-corrected chi connectivity index (χ1v) is 8.23. The van der Waals surface area contributed by atoms with Crippen LogP contribution in [-0.4, -0.2) is 32.1 Å². The molecule has 2 N–H and O–H groups in total. The lowest BCUT2D eigenvalue weighted by Crippen LogP contribution is -2.33. The topological polar surface area (TPSA) is 88.1 Å². The molecular weight excluding hydrogens is 308 g/mol. The van der Waals surface area contributed by atoms with Gasteiger partial charge in [0.15, 0.2) is 0 Å². The van der Waals surface area contributed by atoms with E-state index in [1.807, 2.05) is 6.92 Å². The maximum absolute atomic E-state index is 12.0. The van der Waals surface area contributed by atoms with Gasteiger partial charge >= 0.3 is 0 Å². The summed E-state index contributed by atoms with van der Waals surface area (Å²) in [6, 6.07) is 2.91. The van der Waals surface area contributed by atoms with Gasteiger partial charge in [-0.1, -0.05) is 18.5 Å². The number of guanidine groups is 1. The molecule has 6 nitrogen and oxygen atoms in total. The standard InChI is InChI=1S/C10H13ClN4O2S2/c1-2-7-5-13-15(6-7)10(12)14-19(16,17)9-4-3-8(11)18-9/h3-5,7H,2,6H2,1H3,(H2,12,14). The number of nitrogens with two attached hydrogens (primary N) is 1. The number of hydrazone groups is 1. The lowest BCUT2D eigenvalue weighted by Gasteiger charge is -2.13. The first-order chi connectivity index (χ1) is 8.92. The van der Waals surface area contributed by atoms with Crippen LogP contribution in [0.2, 0.25) is 4.34 Å². The molecule has 0 saturated heterocycles. The summed E-state index contributed by atoms with van der Waals surface area (Å²) in [5.41, 5.74) is 5.68. The summed E-state index contributed by atoms with van der Waals surface area (Å²) in [7, 11) is -3.82. The summed E-state index contributed by atoms with van der Waals surface area (Å²) in [6.07, 6.45) is 2.66. The van der Waals surface area contributed by atoms with Gasteiger partial charge in [-0.05, 0) is 18.6 Å². The molecule has 0 radical (unpaired) electrons. The van der Waals surface area contributed by atoms with E-state index >= 15 is 0 Å². The van der Waals surface area contributed by atoms with Crippen molar-refractivity contribution in [3.8, 4) is 0 Å². The Labute approximate surface area is 120 Å². The molecule has 9 heteroatoms. The van der Waals surface area contributed by atoms with Crippen molar-refractivity contribution in [2.75, 3.05) is 6.54 Å². The zero-order valence-electron chi connectivity index (χ0n) is 10.2. The fraction of sp³-hybridized carbons (Fsp3) is 0.400. The quantitative estimate of drug-likeness (QED) is 0.678. The van der Waals surface area contributed by atoms with Crippen LogP contribution >= 0.6 is 22.9 Å². The van der Waals surface area contributed by atoms with E-state index < -0.39 is 10.0 Å². The number of halogens is 1. The summed E-state index contributed by atoms with van der Waals surface area (Å²) in [6.45, 7) is 2.57. The average molecular weight is 321 g/mol. The predicted octanol–water partition coefficient (Wildman–Crippen LogP) is 1.73. The maximum atomic E-state index is 12.0. The van der Waals surface area contributed by atoms with Crippen molar-refractivity contribution < 1.29 is 8.42 Å². The first-order valence-electron chi connectivity index (χ1n) is 5.60. The fourth-order valence-corrected chi connectivity index (χ4v) is 3.92. The highest BCUT2D eigenvalue weighted by molar-refractivity contribution is 7.92. The Kier molecular flexibility index (Phi) is 4.12. The molecule has 0 amide bonds. The second-order valence-electron chi connectivity index (χ2n) is 4.00. The Morgan fingerprint density at radius 2 is 2.42 bits per heavy atom. The van der Waals surface area contributed by atoms with Gasteiger partial charge in [-0.15, -0.1) is 15.7 Å². The van der Waals surface area contributed by atoms with Gasteiger partial charge in [-0.25, -0.2) is 5.01 Å². The highest BCUT2D eigenvalue weighted by Crippen LogP contribution is 2.27. The second-order valence-corrected chi connectivity index (χ2v) is 7.54. The monoisotopic (exact) mass is 320 g/mol. The number of hydrogen-bond donors (Lipinski definition) is 1. The highest BCUT2D eigenvalue weighted by Gasteiger charge is 2.22. The third-order valence-corrected chi connectivity index (χ3v) is 5.61. The van der Waals surface area contributed by atoms with E-state index in [1.54, 1.807) is 6.21 Å². The lowest BCUT2D eigenvalue weighted by molar-refractivity contribution is 0.436. The van der Waals surface area contributed by atoms with Gasteiger partial charge in [-0.2, -0.15) is 13.5 Å². The van der Waals surface area contributed by atoms with Crippen LogP contribution in [0.15, 0.2) is 25.8 Å². The van der Waals surface area contributed by atoms with Crippen LogP contribution in [0.25, 0.3) is 0 Å². The smallest absolute Gasteiger partial charge is 0.295 e. The van der Waals surface area contributed by atoms with Gasteiger partial charge in [-0.3, -0.25) is 0 Å². The molecule has 1 aromatic heterocycles. The van der Waals surface area contributed by atoms with Crippen LogP contribution in [-0.2, 0) is 10.0 Å². The van der Waals surface area contributed by atoms with Crippen molar-refractivity contribution in [2.45, 2.75) is 17.6 Å². The Hall–Kier alpha value is -1.12. The van der Waals surface area contributed by atoms with Crippen LogP contribution in [0.5, 0.6) is 0 Å². The molecule has 1 atom stereocenters. The third-order valence-electron chi connectivity index (χ3n) is 2.63. The van der Waals surface area contributed by atoms with Gasteiger partial charge in [0.25, 0.3) is 10.0 Å². The largest absolute Gasteiger partial charge is 0.367 e. The molecular formula is C10H13ClN4O2S2. The first kappa shape index (κ1) is 14.3. The Morgan fingerprint density at radius 1 is 1.68 bits per heavy atom. The van der Waals surface area contributed by atoms with Gasteiger partial charge in [0.2, 0.25) is 5.96 Å². The molecule has 2 heterocycles. The normalized spacial score (nSPS) is 20.2. The van der Waals surface area contributed by atoms with Gasteiger partial charge in [0, 0.05) is 12.1 Å². The molecule has 1 aliphatic heterocycles. The molecule has 0 spiro atoms. The summed E-state index contributed by atoms with van der Waals surface area (Å²) >= 11 is 6.65. The van der Waals surface area contributed by atoms with E-state index in [9.17, 15) is 8.42 Å². The van der Waals surface area contributed by atoms with Crippen LogP contribution in [0.3, 0.4) is 0 Å². The van der Waals surface area contributed by atoms with Crippen molar-refractivity contribution in [1.82, 2.24) is 5.01 Å². The minimum atomic E-state index is -3.82. The van der Waals surface area contributed by atoms with Crippen molar-refractivity contribution in [3.05, 3.63) is 16.5 Å². The minimum absolute atomic E-state index is 0.0654. The van der Waals surface area contributed by atoms with Crippen molar-refractivity contribution >= 4 is 45.1 Å². The van der Waals surface area contributed by atoms with Crippen LogP contribution < -0.4 is 5.73 Å². The van der Waals surface area contributed by atoms with Crippen molar-refractivity contribution in [2.24, 2.45) is 21.2 Å². The summed E-state index contributed by atoms with van der Waals surface area (Å²) in [5, 5.41) is 5.43. The molecule has 0 fully saturated rings. The van der Waals surface area contributed by atoms with Crippen LogP contribution in [0, 0.1) is 5.92 Å². The second kappa shape index (κ2) is 5.48. The van der Waals surface area contributed by atoms with E-state index in [0.717, 1.165) is 17.8 Å². The summed E-state index contributed by atoms with van der Waals surface area (Å²) in [5.74, 6) is 0.143. The van der Waals surface area contributed by atoms with Gasteiger partial charge < -0.3 is 5.73 Å². The summed E-state index contributed by atoms with van der Waals surface area (Å²) in [4.78, 5) is 0. The number of sulfonamides is 1. The third kappa shape index (κ3) is 3.26.